The quantitative estimate of drug-likeness (QED) is 0.851. The Balaban J connectivity index is 1.51. The number of carbonyl (C=O) groups excluding carboxylic acids is 2. The molecule has 0 aliphatic carbocycles. The van der Waals surface area contributed by atoms with Crippen LogP contribution < -0.4 is 5.32 Å². The van der Waals surface area contributed by atoms with E-state index in [0.29, 0.717) is 30.2 Å². The molecular weight excluding hydrogens is 356 g/mol. The Hall–Kier alpha value is -2.12. The molecule has 0 radical (unpaired) electrons. The Morgan fingerprint density at radius 3 is 2.54 bits per heavy atom. The molecule has 1 saturated heterocycles. The highest BCUT2D eigenvalue weighted by Gasteiger charge is 2.32. The maximum Gasteiger partial charge on any atom is 0.264 e. The van der Waals surface area contributed by atoms with Gasteiger partial charge in [-0.3, -0.25) is 9.59 Å². The summed E-state index contributed by atoms with van der Waals surface area (Å²) in [7, 11) is 2.03. The van der Waals surface area contributed by atoms with Crippen LogP contribution in [0.3, 0.4) is 0 Å². The van der Waals surface area contributed by atoms with Crippen molar-refractivity contribution in [2.45, 2.75) is 25.5 Å². The minimum atomic E-state index is -0.719. The van der Waals surface area contributed by atoms with Crippen LogP contribution in [-0.4, -0.2) is 72.7 Å². The van der Waals surface area contributed by atoms with Crippen molar-refractivity contribution in [2.75, 3.05) is 33.2 Å². The molecule has 1 N–H and O–H groups in total. The Morgan fingerprint density at radius 2 is 1.88 bits per heavy atom. The van der Waals surface area contributed by atoms with Crippen molar-refractivity contribution in [1.29, 1.82) is 0 Å². The number of hydrogen-bond donors (Lipinski definition) is 1. The lowest BCUT2D eigenvalue weighted by Crippen LogP contribution is -2.54. The molecule has 0 saturated carbocycles. The summed E-state index contributed by atoms with van der Waals surface area (Å²) < 4.78 is 0. The molecule has 0 aromatic heterocycles. The lowest BCUT2D eigenvalue weighted by molar-refractivity contribution is -0.140. The Morgan fingerprint density at radius 1 is 1.23 bits per heavy atom. The van der Waals surface area contributed by atoms with Crippen molar-refractivity contribution in [3.63, 3.8) is 0 Å². The van der Waals surface area contributed by atoms with Crippen molar-refractivity contribution in [3.05, 3.63) is 34.9 Å². The van der Waals surface area contributed by atoms with Crippen molar-refractivity contribution < 1.29 is 14.4 Å². The van der Waals surface area contributed by atoms with Gasteiger partial charge in [-0.1, -0.05) is 28.9 Å². The lowest BCUT2D eigenvalue weighted by atomic mass is 10.0. The van der Waals surface area contributed by atoms with E-state index >= 15 is 0 Å². The second kappa shape index (κ2) is 8.05. The average molecular weight is 379 g/mol. The number of likely N-dealkylation sites (N-methyl/N-ethyl adjacent to an activating group) is 1. The summed E-state index contributed by atoms with van der Waals surface area (Å²) in [6, 6.07) is 6.62. The maximum atomic E-state index is 12.5. The fourth-order valence-electron chi connectivity index (χ4n) is 3.00. The standard InChI is InChI=1S/C18H23ClN4O3/c1-12(18(25)23-9-7-22(2)8-10-23)20-17(24)16-11-15(21-26-16)13-3-5-14(19)6-4-13/h3-6,12,16H,7-11H2,1-2H3,(H,20,24)/t12-,16+/m1/s1. The van der Waals surface area contributed by atoms with Crippen LogP contribution in [0.1, 0.15) is 18.9 Å². The van der Waals surface area contributed by atoms with Crippen LogP contribution in [0.2, 0.25) is 5.02 Å². The number of piperazine rings is 1. The first-order chi connectivity index (χ1) is 12.4. The molecule has 8 heteroatoms. The van der Waals surface area contributed by atoms with E-state index in [1.165, 1.54) is 0 Å². The van der Waals surface area contributed by atoms with E-state index in [4.69, 9.17) is 16.4 Å². The van der Waals surface area contributed by atoms with E-state index in [1.807, 2.05) is 19.2 Å². The van der Waals surface area contributed by atoms with Gasteiger partial charge in [0.25, 0.3) is 5.91 Å². The predicted octanol–water partition coefficient (Wildman–Crippen LogP) is 1.11. The van der Waals surface area contributed by atoms with Gasteiger partial charge in [-0.15, -0.1) is 0 Å². The molecule has 0 spiro atoms. The van der Waals surface area contributed by atoms with E-state index in [1.54, 1.807) is 24.0 Å². The molecule has 1 aromatic carbocycles. The Labute approximate surface area is 157 Å². The molecule has 0 bridgehead atoms. The number of nitrogens with zero attached hydrogens (tertiary/aromatic N) is 3. The highest BCUT2D eigenvalue weighted by molar-refractivity contribution is 6.30. The maximum absolute atomic E-state index is 12.5. The van der Waals surface area contributed by atoms with E-state index in [2.05, 4.69) is 15.4 Å². The number of hydrogen-bond acceptors (Lipinski definition) is 5. The van der Waals surface area contributed by atoms with Gasteiger partial charge in [0.05, 0.1) is 5.71 Å². The summed E-state index contributed by atoms with van der Waals surface area (Å²) in [6.07, 6.45) is -0.355. The van der Waals surface area contributed by atoms with Gasteiger partial charge in [0, 0.05) is 37.6 Å². The molecule has 140 valence electrons. The number of nitrogens with one attached hydrogen (secondary N) is 1. The van der Waals surface area contributed by atoms with Gasteiger partial charge in [-0.2, -0.15) is 0 Å². The lowest BCUT2D eigenvalue weighted by Gasteiger charge is -2.34. The van der Waals surface area contributed by atoms with Crippen LogP contribution in [0.4, 0.5) is 0 Å². The normalized spacial score (nSPS) is 21.7. The average Bonchev–Trinajstić information content (AvgIpc) is 3.12. The highest BCUT2D eigenvalue weighted by Crippen LogP contribution is 2.19. The summed E-state index contributed by atoms with van der Waals surface area (Å²) in [5.41, 5.74) is 1.56. The van der Waals surface area contributed by atoms with E-state index < -0.39 is 12.1 Å². The third-order valence-corrected chi connectivity index (χ3v) is 4.93. The van der Waals surface area contributed by atoms with E-state index in [-0.39, 0.29) is 11.8 Å². The fourth-order valence-corrected chi connectivity index (χ4v) is 3.13. The monoisotopic (exact) mass is 378 g/mol. The summed E-state index contributed by atoms with van der Waals surface area (Å²) in [4.78, 5) is 34.1. The molecule has 7 nitrogen and oxygen atoms in total. The second-order valence-corrected chi connectivity index (χ2v) is 7.14. The first kappa shape index (κ1) is 18.7. The molecule has 2 aliphatic rings. The summed E-state index contributed by atoms with van der Waals surface area (Å²) >= 11 is 5.88. The first-order valence-electron chi connectivity index (χ1n) is 8.70. The number of amides is 2. The number of halogens is 1. The second-order valence-electron chi connectivity index (χ2n) is 6.70. The third-order valence-electron chi connectivity index (χ3n) is 4.68. The van der Waals surface area contributed by atoms with Crippen LogP contribution in [0.15, 0.2) is 29.4 Å². The van der Waals surface area contributed by atoms with E-state index in [9.17, 15) is 9.59 Å². The zero-order chi connectivity index (χ0) is 18.7. The van der Waals surface area contributed by atoms with Crippen LogP contribution in [0, 0.1) is 0 Å². The number of carbonyl (C=O) groups is 2. The minimum Gasteiger partial charge on any atom is -0.382 e. The molecule has 0 unspecified atom stereocenters. The molecule has 2 aliphatic heterocycles. The van der Waals surface area contributed by atoms with Crippen LogP contribution in [-0.2, 0) is 14.4 Å². The van der Waals surface area contributed by atoms with Gasteiger partial charge in [0.15, 0.2) is 0 Å². The molecule has 2 heterocycles. The molecule has 2 amide bonds. The smallest absolute Gasteiger partial charge is 0.264 e. The van der Waals surface area contributed by atoms with Gasteiger partial charge in [-0.25, -0.2) is 0 Å². The SMILES string of the molecule is C[C@@H](NC(=O)[C@@H]1CC(c2ccc(Cl)cc2)=NO1)C(=O)N1CCN(C)CC1. The van der Waals surface area contributed by atoms with Gasteiger partial charge in [0.2, 0.25) is 12.0 Å². The Kier molecular flexibility index (Phi) is 5.78. The topological polar surface area (TPSA) is 74.2 Å². The van der Waals surface area contributed by atoms with Crippen molar-refractivity contribution in [2.24, 2.45) is 5.16 Å². The third kappa shape index (κ3) is 4.34. The number of rotatable bonds is 4. The van der Waals surface area contributed by atoms with Crippen LogP contribution in [0.25, 0.3) is 0 Å². The Bertz CT molecular complexity index is 699. The van der Waals surface area contributed by atoms with Gasteiger partial charge < -0.3 is 20.0 Å². The molecule has 1 aromatic rings. The van der Waals surface area contributed by atoms with Gasteiger partial charge in [-0.05, 0) is 31.7 Å². The predicted molar refractivity (Wildman–Crippen MR) is 99.2 cm³/mol. The van der Waals surface area contributed by atoms with Crippen molar-refractivity contribution in [1.82, 2.24) is 15.1 Å². The zero-order valence-electron chi connectivity index (χ0n) is 14.9. The fraction of sp³-hybridized carbons (Fsp3) is 0.500. The first-order valence-corrected chi connectivity index (χ1v) is 9.08. The zero-order valence-corrected chi connectivity index (χ0v) is 15.7. The van der Waals surface area contributed by atoms with Crippen LogP contribution >= 0.6 is 11.6 Å². The molecule has 2 atom stereocenters. The summed E-state index contributed by atoms with van der Waals surface area (Å²) in [6.45, 7) is 4.75. The van der Waals surface area contributed by atoms with E-state index in [0.717, 1.165) is 18.7 Å². The van der Waals surface area contributed by atoms with Crippen molar-refractivity contribution >= 4 is 29.1 Å². The van der Waals surface area contributed by atoms with Gasteiger partial charge in [0.1, 0.15) is 6.04 Å². The number of oxime groups is 1. The minimum absolute atomic E-state index is 0.0664. The van der Waals surface area contributed by atoms with Gasteiger partial charge >= 0.3 is 0 Å². The summed E-state index contributed by atoms with van der Waals surface area (Å²) in [5, 5.41) is 7.39. The molecule has 1 fully saturated rings. The van der Waals surface area contributed by atoms with Crippen LogP contribution in [0.5, 0.6) is 0 Å². The highest BCUT2D eigenvalue weighted by atomic mass is 35.5. The molecule has 3 rings (SSSR count). The molecular formula is C18H23ClN4O3. The largest absolute Gasteiger partial charge is 0.382 e. The molecule has 26 heavy (non-hydrogen) atoms. The summed E-state index contributed by atoms with van der Waals surface area (Å²) in [5.74, 6) is -0.393. The number of benzene rings is 1. The van der Waals surface area contributed by atoms with Crippen molar-refractivity contribution in [3.8, 4) is 0 Å².